The van der Waals surface area contributed by atoms with Crippen LogP contribution in [-0.4, -0.2) is 25.2 Å². The maximum atomic E-state index is 5.78. The van der Waals surface area contributed by atoms with Crippen LogP contribution in [0, 0.1) is 6.92 Å². The summed E-state index contributed by atoms with van der Waals surface area (Å²) in [5.74, 6) is 1.65. The lowest BCUT2D eigenvalue weighted by Gasteiger charge is -2.20. The molecule has 1 aromatic heterocycles. The van der Waals surface area contributed by atoms with E-state index >= 15 is 0 Å². The fourth-order valence-corrected chi connectivity index (χ4v) is 2.66. The van der Waals surface area contributed by atoms with Crippen LogP contribution in [0.5, 0.6) is 11.5 Å². The summed E-state index contributed by atoms with van der Waals surface area (Å²) in [6, 6.07) is 10.3. The monoisotopic (exact) mass is 284 g/mol. The summed E-state index contributed by atoms with van der Waals surface area (Å²) in [7, 11) is 1.96. The molecule has 2 heterocycles. The number of nitrogens with zero attached hydrogens (tertiary/aromatic N) is 1. The second-order valence-electron chi connectivity index (χ2n) is 5.16. The zero-order valence-electron chi connectivity index (χ0n) is 12.4. The normalized spacial score (nSPS) is 15.3. The van der Waals surface area contributed by atoms with Crippen LogP contribution in [0.2, 0.25) is 0 Å². The van der Waals surface area contributed by atoms with Crippen LogP contribution < -0.4 is 14.8 Å². The van der Waals surface area contributed by atoms with Crippen molar-refractivity contribution < 1.29 is 9.47 Å². The van der Waals surface area contributed by atoms with Gasteiger partial charge >= 0.3 is 0 Å². The summed E-state index contributed by atoms with van der Waals surface area (Å²) in [6.07, 6.45) is 2.74. The standard InChI is InChI=1S/C17H20N2O2/c1-12-14(5-3-8-19-12)17(18-2)13-6-7-15-16(11-13)21-10-4-9-20-15/h3,5-8,11,17-18H,4,9-10H2,1-2H3. The summed E-state index contributed by atoms with van der Waals surface area (Å²) in [5.41, 5.74) is 3.36. The van der Waals surface area contributed by atoms with E-state index in [0.717, 1.165) is 29.2 Å². The molecule has 4 heteroatoms. The minimum Gasteiger partial charge on any atom is -0.490 e. The molecular weight excluding hydrogens is 264 g/mol. The second-order valence-corrected chi connectivity index (χ2v) is 5.16. The Balaban J connectivity index is 1.98. The number of pyridine rings is 1. The van der Waals surface area contributed by atoms with Gasteiger partial charge in [0, 0.05) is 18.3 Å². The Hall–Kier alpha value is -2.07. The summed E-state index contributed by atoms with van der Waals surface area (Å²) in [5, 5.41) is 3.36. The number of fused-ring (bicyclic) bond motifs is 1. The molecule has 1 N–H and O–H groups in total. The molecule has 4 nitrogen and oxygen atoms in total. The summed E-state index contributed by atoms with van der Waals surface area (Å²) >= 11 is 0. The van der Waals surface area contributed by atoms with E-state index < -0.39 is 0 Å². The molecule has 110 valence electrons. The first-order chi connectivity index (χ1) is 10.3. The molecule has 0 spiro atoms. The fourth-order valence-electron chi connectivity index (χ4n) is 2.66. The van der Waals surface area contributed by atoms with Crippen LogP contribution in [0.15, 0.2) is 36.5 Å². The highest BCUT2D eigenvalue weighted by Crippen LogP contribution is 2.34. The van der Waals surface area contributed by atoms with Crippen molar-refractivity contribution in [3.05, 3.63) is 53.3 Å². The first-order valence-corrected chi connectivity index (χ1v) is 7.28. The smallest absolute Gasteiger partial charge is 0.161 e. The number of hydrogen-bond donors (Lipinski definition) is 1. The highest BCUT2D eigenvalue weighted by molar-refractivity contribution is 5.46. The average Bonchev–Trinajstić information content (AvgIpc) is 2.75. The average molecular weight is 284 g/mol. The molecule has 1 atom stereocenters. The van der Waals surface area contributed by atoms with Crippen LogP contribution in [0.1, 0.15) is 29.3 Å². The van der Waals surface area contributed by atoms with Gasteiger partial charge in [-0.25, -0.2) is 0 Å². The van der Waals surface area contributed by atoms with Crippen molar-refractivity contribution in [1.29, 1.82) is 0 Å². The van der Waals surface area contributed by atoms with Crippen LogP contribution in [0.4, 0.5) is 0 Å². The highest BCUT2D eigenvalue weighted by Gasteiger charge is 2.18. The Morgan fingerprint density at radius 2 is 1.95 bits per heavy atom. The first kappa shape index (κ1) is 13.9. The van der Waals surface area contributed by atoms with Gasteiger partial charge in [0.15, 0.2) is 11.5 Å². The number of aromatic nitrogens is 1. The second kappa shape index (κ2) is 6.14. The lowest BCUT2D eigenvalue weighted by atomic mass is 9.97. The Bertz CT molecular complexity index is 628. The molecule has 1 unspecified atom stereocenters. The minimum atomic E-state index is 0.0934. The van der Waals surface area contributed by atoms with Crippen molar-refractivity contribution in [3.8, 4) is 11.5 Å². The van der Waals surface area contributed by atoms with Gasteiger partial charge in [-0.2, -0.15) is 0 Å². The Kier molecular flexibility index (Phi) is 4.06. The van der Waals surface area contributed by atoms with Gasteiger partial charge in [0.1, 0.15) is 0 Å². The van der Waals surface area contributed by atoms with Gasteiger partial charge in [0.2, 0.25) is 0 Å². The Morgan fingerprint density at radius 1 is 1.14 bits per heavy atom. The van der Waals surface area contributed by atoms with Crippen molar-refractivity contribution in [2.75, 3.05) is 20.3 Å². The SMILES string of the molecule is CNC(c1ccc2c(c1)OCCCO2)c1cccnc1C. The van der Waals surface area contributed by atoms with Crippen molar-refractivity contribution in [2.24, 2.45) is 0 Å². The van der Waals surface area contributed by atoms with Crippen molar-refractivity contribution in [1.82, 2.24) is 10.3 Å². The molecule has 0 radical (unpaired) electrons. The molecule has 0 fully saturated rings. The lowest BCUT2D eigenvalue weighted by Crippen LogP contribution is -2.19. The van der Waals surface area contributed by atoms with E-state index in [1.165, 1.54) is 5.56 Å². The predicted molar refractivity (Wildman–Crippen MR) is 81.9 cm³/mol. The Labute approximate surface area is 125 Å². The van der Waals surface area contributed by atoms with E-state index in [1.54, 1.807) is 0 Å². The van der Waals surface area contributed by atoms with Crippen molar-refractivity contribution >= 4 is 0 Å². The fraction of sp³-hybridized carbons (Fsp3) is 0.353. The van der Waals surface area contributed by atoms with Gasteiger partial charge in [0.25, 0.3) is 0 Å². The van der Waals surface area contributed by atoms with Gasteiger partial charge in [-0.05, 0) is 43.3 Å². The van der Waals surface area contributed by atoms with Crippen LogP contribution >= 0.6 is 0 Å². The van der Waals surface area contributed by atoms with E-state index in [0.29, 0.717) is 13.2 Å². The van der Waals surface area contributed by atoms with Crippen LogP contribution in [-0.2, 0) is 0 Å². The molecule has 3 rings (SSSR count). The summed E-state index contributed by atoms with van der Waals surface area (Å²) in [6.45, 7) is 3.44. The van der Waals surface area contributed by atoms with Crippen molar-refractivity contribution in [3.63, 3.8) is 0 Å². The quantitative estimate of drug-likeness (QED) is 0.941. The van der Waals surface area contributed by atoms with E-state index in [2.05, 4.69) is 28.5 Å². The van der Waals surface area contributed by atoms with Crippen LogP contribution in [0.25, 0.3) is 0 Å². The molecule has 0 bridgehead atoms. The van der Waals surface area contributed by atoms with Gasteiger partial charge < -0.3 is 14.8 Å². The van der Waals surface area contributed by atoms with Crippen LogP contribution in [0.3, 0.4) is 0 Å². The topological polar surface area (TPSA) is 43.4 Å². The van der Waals surface area contributed by atoms with E-state index in [1.807, 2.05) is 32.3 Å². The first-order valence-electron chi connectivity index (χ1n) is 7.28. The minimum absolute atomic E-state index is 0.0934. The third kappa shape index (κ3) is 2.85. The molecule has 1 aromatic carbocycles. The van der Waals surface area contributed by atoms with Gasteiger partial charge in [-0.3, -0.25) is 4.98 Å². The number of benzene rings is 1. The molecule has 21 heavy (non-hydrogen) atoms. The molecular formula is C17H20N2O2. The third-order valence-corrected chi connectivity index (χ3v) is 3.75. The number of rotatable bonds is 3. The molecule has 1 aliphatic rings. The number of aryl methyl sites for hydroxylation is 1. The molecule has 0 amide bonds. The van der Waals surface area contributed by atoms with E-state index in [-0.39, 0.29) is 6.04 Å². The number of nitrogens with one attached hydrogen (secondary N) is 1. The van der Waals surface area contributed by atoms with Gasteiger partial charge in [-0.15, -0.1) is 0 Å². The van der Waals surface area contributed by atoms with E-state index in [4.69, 9.17) is 9.47 Å². The summed E-state index contributed by atoms with van der Waals surface area (Å²) in [4.78, 5) is 4.38. The zero-order chi connectivity index (χ0) is 14.7. The van der Waals surface area contributed by atoms with Gasteiger partial charge in [-0.1, -0.05) is 12.1 Å². The predicted octanol–water partition coefficient (Wildman–Crippen LogP) is 2.86. The zero-order valence-corrected chi connectivity index (χ0v) is 12.4. The molecule has 0 aliphatic carbocycles. The third-order valence-electron chi connectivity index (χ3n) is 3.75. The molecule has 0 saturated heterocycles. The lowest BCUT2D eigenvalue weighted by molar-refractivity contribution is 0.297. The number of ether oxygens (including phenoxy) is 2. The highest BCUT2D eigenvalue weighted by atomic mass is 16.5. The Morgan fingerprint density at radius 3 is 2.71 bits per heavy atom. The van der Waals surface area contributed by atoms with Gasteiger partial charge in [0.05, 0.1) is 19.3 Å². The summed E-state index contributed by atoms with van der Waals surface area (Å²) < 4.78 is 11.5. The molecule has 0 saturated carbocycles. The van der Waals surface area contributed by atoms with E-state index in [9.17, 15) is 0 Å². The maximum Gasteiger partial charge on any atom is 0.161 e. The molecule has 2 aromatic rings. The maximum absolute atomic E-state index is 5.78. The largest absolute Gasteiger partial charge is 0.490 e. The number of hydrogen-bond acceptors (Lipinski definition) is 4. The van der Waals surface area contributed by atoms with Crippen molar-refractivity contribution in [2.45, 2.75) is 19.4 Å². The molecule has 1 aliphatic heterocycles.